The third-order valence-corrected chi connectivity index (χ3v) is 3.80. The lowest BCUT2D eigenvalue weighted by molar-refractivity contribution is -0.116. The number of hydrogen-bond acceptors (Lipinski definition) is 4. The second kappa shape index (κ2) is 9.00. The fraction of sp³-hybridized carbons (Fsp3) is 0.389. The number of aryl methyl sites for hydroxylation is 2. The molecule has 0 aliphatic heterocycles. The van der Waals surface area contributed by atoms with Crippen LogP contribution in [0.15, 0.2) is 30.7 Å². The van der Waals surface area contributed by atoms with Gasteiger partial charge in [-0.15, -0.1) is 0 Å². The van der Waals surface area contributed by atoms with Crippen LogP contribution in [0.1, 0.15) is 18.2 Å². The maximum atomic E-state index is 12.1. The summed E-state index contributed by atoms with van der Waals surface area (Å²) in [7, 11) is 3.67. The lowest BCUT2D eigenvalue weighted by Crippen LogP contribution is -2.29. The molecule has 8 nitrogen and oxygen atoms in total. The van der Waals surface area contributed by atoms with Gasteiger partial charge in [-0.3, -0.25) is 4.79 Å². The van der Waals surface area contributed by atoms with Crippen LogP contribution in [0.25, 0.3) is 0 Å². The van der Waals surface area contributed by atoms with E-state index >= 15 is 0 Å². The van der Waals surface area contributed by atoms with E-state index in [9.17, 15) is 9.59 Å². The molecular weight excluding hydrogens is 332 g/mol. The predicted molar refractivity (Wildman–Crippen MR) is 102 cm³/mol. The van der Waals surface area contributed by atoms with Crippen molar-refractivity contribution in [1.29, 1.82) is 0 Å². The first-order valence-electron chi connectivity index (χ1n) is 8.48. The molecule has 140 valence electrons. The fourth-order valence-electron chi connectivity index (χ4n) is 2.44. The first kappa shape index (κ1) is 19.5. The van der Waals surface area contributed by atoms with Crippen molar-refractivity contribution < 1.29 is 9.59 Å². The summed E-state index contributed by atoms with van der Waals surface area (Å²) in [6.07, 6.45) is 3.46. The second-order valence-electron chi connectivity index (χ2n) is 6.29. The van der Waals surface area contributed by atoms with E-state index in [1.54, 1.807) is 29.6 Å². The average molecular weight is 358 g/mol. The minimum Gasteiger partial charge on any atom is -0.333 e. The van der Waals surface area contributed by atoms with Gasteiger partial charge < -0.3 is 25.4 Å². The molecule has 0 saturated carbocycles. The van der Waals surface area contributed by atoms with Gasteiger partial charge in [0.25, 0.3) is 0 Å². The standard InChI is InChI=1S/C18H26N6O2/c1-5-24-12-19-9-15(24)10-20-18(26)21-14-7-6-13(2)16(8-14)22-17(25)11-23(3)4/h6-9,12H,5,10-11H2,1-4H3,(H,22,25)(H2,20,21,26). The molecule has 8 heteroatoms. The minimum atomic E-state index is -0.316. The maximum Gasteiger partial charge on any atom is 0.319 e. The van der Waals surface area contributed by atoms with Crippen molar-refractivity contribution >= 4 is 23.3 Å². The Kier molecular flexibility index (Phi) is 6.74. The van der Waals surface area contributed by atoms with Gasteiger partial charge in [-0.05, 0) is 45.6 Å². The van der Waals surface area contributed by atoms with E-state index in [1.807, 2.05) is 38.6 Å². The van der Waals surface area contributed by atoms with Crippen LogP contribution in [-0.4, -0.2) is 47.0 Å². The van der Waals surface area contributed by atoms with Gasteiger partial charge in [0.1, 0.15) is 0 Å². The van der Waals surface area contributed by atoms with Crippen LogP contribution in [0.5, 0.6) is 0 Å². The SMILES string of the molecule is CCn1cncc1CNC(=O)Nc1ccc(C)c(NC(=O)CN(C)C)c1. The van der Waals surface area contributed by atoms with E-state index in [4.69, 9.17) is 0 Å². The van der Waals surface area contributed by atoms with Crippen LogP contribution in [0.2, 0.25) is 0 Å². The molecule has 1 aromatic carbocycles. The molecule has 0 atom stereocenters. The maximum absolute atomic E-state index is 12.1. The number of urea groups is 1. The lowest BCUT2D eigenvalue weighted by atomic mass is 10.1. The summed E-state index contributed by atoms with van der Waals surface area (Å²) < 4.78 is 1.96. The number of imidazole rings is 1. The molecule has 0 aliphatic rings. The van der Waals surface area contributed by atoms with E-state index in [1.165, 1.54) is 0 Å². The van der Waals surface area contributed by atoms with Crippen molar-refractivity contribution in [2.45, 2.75) is 26.9 Å². The van der Waals surface area contributed by atoms with Crippen LogP contribution < -0.4 is 16.0 Å². The van der Waals surface area contributed by atoms with Gasteiger partial charge >= 0.3 is 6.03 Å². The van der Waals surface area contributed by atoms with E-state index in [-0.39, 0.29) is 11.9 Å². The Morgan fingerprint density at radius 1 is 1.23 bits per heavy atom. The molecule has 0 fully saturated rings. The lowest BCUT2D eigenvalue weighted by Gasteiger charge is -2.14. The summed E-state index contributed by atoms with van der Waals surface area (Å²) in [6.45, 7) is 5.40. The topological polar surface area (TPSA) is 91.3 Å². The highest BCUT2D eigenvalue weighted by Gasteiger charge is 2.09. The number of carbonyl (C=O) groups excluding carboxylic acids is 2. The number of hydrogen-bond donors (Lipinski definition) is 3. The molecule has 1 heterocycles. The average Bonchev–Trinajstić information content (AvgIpc) is 3.03. The van der Waals surface area contributed by atoms with Gasteiger partial charge in [-0.1, -0.05) is 6.07 Å². The van der Waals surface area contributed by atoms with Gasteiger partial charge in [-0.25, -0.2) is 9.78 Å². The van der Waals surface area contributed by atoms with Crippen molar-refractivity contribution in [3.8, 4) is 0 Å². The molecule has 1 aromatic heterocycles. The Morgan fingerprint density at radius 2 is 2.00 bits per heavy atom. The Labute approximate surface area is 153 Å². The van der Waals surface area contributed by atoms with Crippen LogP contribution in [-0.2, 0) is 17.9 Å². The van der Waals surface area contributed by atoms with Gasteiger partial charge in [0.05, 0.1) is 25.1 Å². The molecule has 0 unspecified atom stereocenters. The second-order valence-corrected chi connectivity index (χ2v) is 6.29. The molecule has 0 aliphatic carbocycles. The van der Waals surface area contributed by atoms with Crippen LogP contribution in [0, 0.1) is 6.92 Å². The molecule has 0 spiro atoms. The number of nitrogens with one attached hydrogen (secondary N) is 3. The number of nitrogens with zero attached hydrogens (tertiary/aromatic N) is 3. The van der Waals surface area contributed by atoms with E-state index < -0.39 is 0 Å². The minimum absolute atomic E-state index is 0.104. The highest BCUT2D eigenvalue weighted by molar-refractivity contribution is 5.95. The molecule has 3 N–H and O–H groups in total. The number of aromatic nitrogens is 2. The molecule has 26 heavy (non-hydrogen) atoms. The highest BCUT2D eigenvalue weighted by Crippen LogP contribution is 2.20. The van der Waals surface area contributed by atoms with Crippen LogP contribution in [0.3, 0.4) is 0 Å². The Hall–Kier alpha value is -2.87. The number of carbonyl (C=O) groups is 2. The molecule has 2 rings (SSSR count). The third kappa shape index (κ3) is 5.59. The Morgan fingerprint density at radius 3 is 2.69 bits per heavy atom. The number of likely N-dealkylation sites (N-methyl/N-ethyl adjacent to an activating group) is 1. The van der Waals surface area contributed by atoms with E-state index in [0.717, 1.165) is 17.8 Å². The summed E-state index contributed by atoms with van der Waals surface area (Å²) in [4.78, 5) is 29.9. The van der Waals surface area contributed by atoms with Gasteiger partial charge in [0.15, 0.2) is 0 Å². The van der Waals surface area contributed by atoms with Crippen molar-refractivity contribution in [3.05, 3.63) is 42.0 Å². The van der Waals surface area contributed by atoms with Crippen molar-refractivity contribution in [3.63, 3.8) is 0 Å². The Bertz CT molecular complexity index is 769. The zero-order chi connectivity index (χ0) is 19.1. The molecule has 2 aromatic rings. The number of amides is 3. The monoisotopic (exact) mass is 358 g/mol. The van der Waals surface area contributed by atoms with Crippen LogP contribution >= 0.6 is 0 Å². The zero-order valence-electron chi connectivity index (χ0n) is 15.7. The molecule has 0 radical (unpaired) electrons. The summed E-state index contributed by atoms with van der Waals surface area (Å²) in [5, 5.41) is 8.45. The molecule has 3 amide bonds. The quantitative estimate of drug-likeness (QED) is 0.706. The number of benzene rings is 1. The van der Waals surface area contributed by atoms with E-state index in [2.05, 4.69) is 20.9 Å². The van der Waals surface area contributed by atoms with Crippen molar-refractivity contribution in [2.75, 3.05) is 31.3 Å². The van der Waals surface area contributed by atoms with Crippen molar-refractivity contribution in [1.82, 2.24) is 19.8 Å². The molecular formula is C18H26N6O2. The first-order chi connectivity index (χ1) is 12.4. The van der Waals surface area contributed by atoms with E-state index in [0.29, 0.717) is 24.5 Å². The summed E-state index contributed by atoms with van der Waals surface area (Å²) in [5.41, 5.74) is 3.15. The summed E-state index contributed by atoms with van der Waals surface area (Å²) >= 11 is 0. The predicted octanol–water partition coefficient (Wildman–Crippen LogP) is 2.03. The molecule has 0 saturated heterocycles. The van der Waals surface area contributed by atoms with Crippen LogP contribution in [0.4, 0.5) is 16.2 Å². The summed E-state index contributed by atoms with van der Waals surface area (Å²) in [6, 6.07) is 5.08. The molecule has 0 bridgehead atoms. The largest absolute Gasteiger partial charge is 0.333 e. The number of anilines is 2. The smallest absolute Gasteiger partial charge is 0.319 e. The van der Waals surface area contributed by atoms with Gasteiger partial charge in [0.2, 0.25) is 5.91 Å². The number of rotatable bonds is 7. The third-order valence-electron chi connectivity index (χ3n) is 3.80. The Balaban J connectivity index is 1.95. The zero-order valence-corrected chi connectivity index (χ0v) is 15.7. The highest BCUT2D eigenvalue weighted by atomic mass is 16.2. The van der Waals surface area contributed by atoms with Gasteiger partial charge in [-0.2, -0.15) is 0 Å². The summed E-state index contributed by atoms with van der Waals surface area (Å²) in [5.74, 6) is -0.104. The van der Waals surface area contributed by atoms with Crippen molar-refractivity contribution in [2.24, 2.45) is 0 Å². The fourth-order valence-corrected chi connectivity index (χ4v) is 2.44. The van der Waals surface area contributed by atoms with Gasteiger partial charge in [0, 0.05) is 24.1 Å². The first-order valence-corrected chi connectivity index (χ1v) is 8.48. The normalized spacial score (nSPS) is 10.7.